The molecule has 0 aliphatic carbocycles. The van der Waals surface area contributed by atoms with E-state index < -0.39 is 10.7 Å². The highest BCUT2D eigenvalue weighted by Crippen LogP contribution is 2.32. The molecule has 0 bridgehead atoms. The Morgan fingerprint density at radius 3 is 2.72 bits per heavy atom. The van der Waals surface area contributed by atoms with Crippen molar-refractivity contribution in [3.05, 3.63) is 63.4 Å². The van der Waals surface area contributed by atoms with Crippen molar-refractivity contribution in [2.75, 3.05) is 12.4 Å². The van der Waals surface area contributed by atoms with Gasteiger partial charge < -0.3 is 10.1 Å². The molecular weight excluding hydrogens is 347 g/mol. The summed E-state index contributed by atoms with van der Waals surface area (Å²) < 4.78 is 18.5. The quantitative estimate of drug-likeness (QED) is 0.530. The lowest BCUT2D eigenvalue weighted by molar-refractivity contribution is -0.384. The summed E-state index contributed by atoms with van der Waals surface area (Å²) in [5.41, 5.74) is 0.728. The smallest absolute Gasteiger partial charge is 0.295 e. The molecule has 1 N–H and O–H groups in total. The molecule has 25 heavy (non-hydrogen) atoms. The van der Waals surface area contributed by atoms with Crippen molar-refractivity contribution in [3.63, 3.8) is 0 Å². The fourth-order valence-corrected chi connectivity index (χ4v) is 2.97. The summed E-state index contributed by atoms with van der Waals surface area (Å²) in [4.78, 5) is 10.5. The SMILES string of the molecule is COc1cc(NCc2nnc(-c3ccccc3)s2)c([N+](=O)[O-])cc1F. The molecule has 0 radical (unpaired) electrons. The lowest BCUT2D eigenvalue weighted by Crippen LogP contribution is -2.04. The molecule has 0 aliphatic heterocycles. The summed E-state index contributed by atoms with van der Waals surface area (Å²) in [6.07, 6.45) is 0. The van der Waals surface area contributed by atoms with Gasteiger partial charge in [-0.3, -0.25) is 10.1 Å². The molecule has 3 rings (SSSR count). The third-order valence-electron chi connectivity index (χ3n) is 3.38. The molecule has 0 atom stereocenters. The maximum atomic E-state index is 13.7. The first-order chi connectivity index (χ1) is 12.1. The van der Waals surface area contributed by atoms with Crippen molar-refractivity contribution >= 4 is 22.7 Å². The van der Waals surface area contributed by atoms with Crippen LogP contribution in [0, 0.1) is 15.9 Å². The Morgan fingerprint density at radius 2 is 2.04 bits per heavy atom. The van der Waals surface area contributed by atoms with E-state index in [9.17, 15) is 14.5 Å². The van der Waals surface area contributed by atoms with E-state index in [1.54, 1.807) is 0 Å². The molecule has 7 nitrogen and oxygen atoms in total. The summed E-state index contributed by atoms with van der Waals surface area (Å²) in [6.45, 7) is 0.222. The maximum Gasteiger partial charge on any atom is 0.295 e. The van der Waals surface area contributed by atoms with Gasteiger partial charge in [0.1, 0.15) is 15.7 Å². The Kier molecular flexibility index (Phi) is 4.85. The largest absolute Gasteiger partial charge is 0.494 e. The average Bonchev–Trinajstić information content (AvgIpc) is 3.10. The molecule has 1 heterocycles. The number of hydrogen-bond donors (Lipinski definition) is 1. The van der Waals surface area contributed by atoms with Gasteiger partial charge in [-0.25, -0.2) is 4.39 Å². The molecule has 0 fully saturated rings. The van der Waals surface area contributed by atoms with Gasteiger partial charge in [0.2, 0.25) is 0 Å². The van der Waals surface area contributed by atoms with Gasteiger partial charge in [0.25, 0.3) is 5.69 Å². The van der Waals surface area contributed by atoms with Gasteiger partial charge in [0, 0.05) is 11.6 Å². The molecule has 9 heteroatoms. The first kappa shape index (κ1) is 16.8. The lowest BCUT2D eigenvalue weighted by Gasteiger charge is -2.08. The van der Waals surface area contributed by atoms with Crippen molar-refractivity contribution in [1.29, 1.82) is 0 Å². The van der Waals surface area contributed by atoms with Crippen LogP contribution in [0.15, 0.2) is 42.5 Å². The van der Waals surface area contributed by atoms with Crippen LogP contribution in [-0.2, 0) is 6.54 Å². The molecule has 0 saturated carbocycles. The number of nitrogens with zero attached hydrogens (tertiary/aromatic N) is 3. The van der Waals surface area contributed by atoms with Crippen LogP contribution >= 0.6 is 11.3 Å². The first-order valence-corrected chi connectivity index (χ1v) is 8.03. The van der Waals surface area contributed by atoms with Gasteiger partial charge in [-0.1, -0.05) is 41.7 Å². The zero-order chi connectivity index (χ0) is 17.8. The zero-order valence-electron chi connectivity index (χ0n) is 13.1. The number of anilines is 1. The second-order valence-electron chi connectivity index (χ2n) is 4.98. The zero-order valence-corrected chi connectivity index (χ0v) is 13.9. The molecule has 128 valence electrons. The predicted octanol–water partition coefficient (Wildman–Crippen LogP) is 3.87. The van der Waals surface area contributed by atoms with E-state index in [2.05, 4.69) is 15.5 Å². The number of nitrogens with one attached hydrogen (secondary N) is 1. The minimum Gasteiger partial charge on any atom is -0.494 e. The second kappa shape index (κ2) is 7.22. The van der Waals surface area contributed by atoms with E-state index in [4.69, 9.17) is 4.74 Å². The summed E-state index contributed by atoms with van der Waals surface area (Å²) in [6, 6.07) is 11.7. The van der Waals surface area contributed by atoms with Crippen LogP contribution < -0.4 is 10.1 Å². The van der Waals surface area contributed by atoms with Gasteiger partial charge in [-0.2, -0.15) is 0 Å². The molecule has 0 spiro atoms. The third kappa shape index (κ3) is 3.72. The van der Waals surface area contributed by atoms with Crippen LogP contribution in [0.4, 0.5) is 15.8 Å². The summed E-state index contributed by atoms with van der Waals surface area (Å²) in [5.74, 6) is -0.864. The highest BCUT2D eigenvalue weighted by molar-refractivity contribution is 7.14. The number of nitro groups is 1. The molecule has 2 aromatic carbocycles. The number of methoxy groups -OCH3 is 1. The normalized spacial score (nSPS) is 10.5. The minimum atomic E-state index is -0.790. The molecule has 0 saturated heterocycles. The number of benzene rings is 2. The molecule has 0 unspecified atom stereocenters. The topological polar surface area (TPSA) is 90.2 Å². The molecule has 1 aromatic heterocycles. The van der Waals surface area contributed by atoms with Crippen molar-refractivity contribution in [2.24, 2.45) is 0 Å². The van der Waals surface area contributed by atoms with Gasteiger partial charge in [0.15, 0.2) is 11.6 Å². The van der Waals surface area contributed by atoms with E-state index in [1.165, 1.54) is 24.5 Å². The van der Waals surface area contributed by atoms with Crippen molar-refractivity contribution in [3.8, 4) is 16.3 Å². The van der Waals surface area contributed by atoms with Crippen molar-refractivity contribution < 1.29 is 14.1 Å². The Bertz CT molecular complexity index is 902. The molecule has 0 amide bonds. The number of nitro benzene ring substituents is 1. The maximum absolute atomic E-state index is 13.7. The molecule has 3 aromatic rings. The second-order valence-corrected chi connectivity index (χ2v) is 6.04. The predicted molar refractivity (Wildman–Crippen MR) is 92.3 cm³/mol. The van der Waals surface area contributed by atoms with Crippen LogP contribution in [0.2, 0.25) is 0 Å². The summed E-state index contributed by atoms with van der Waals surface area (Å²) in [7, 11) is 1.30. The van der Waals surface area contributed by atoms with Gasteiger partial charge >= 0.3 is 0 Å². The van der Waals surface area contributed by atoms with Crippen LogP contribution in [0.1, 0.15) is 5.01 Å². The van der Waals surface area contributed by atoms with Crippen molar-refractivity contribution in [2.45, 2.75) is 6.54 Å². The van der Waals surface area contributed by atoms with Gasteiger partial charge in [-0.05, 0) is 0 Å². The van der Waals surface area contributed by atoms with E-state index in [-0.39, 0.29) is 23.7 Å². The number of halogens is 1. The Labute approximate surface area is 146 Å². The first-order valence-electron chi connectivity index (χ1n) is 7.22. The summed E-state index contributed by atoms with van der Waals surface area (Å²) in [5, 5.41) is 23.6. The van der Waals surface area contributed by atoms with E-state index in [0.717, 1.165) is 16.6 Å². The number of ether oxygens (including phenoxy) is 1. The monoisotopic (exact) mass is 360 g/mol. The Hall–Kier alpha value is -3.07. The molecule has 0 aliphatic rings. The number of aromatic nitrogens is 2. The third-order valence-corrected chi connectivity index (χ3v) is 4.36. The van der Waals surface area contributed by atoms with Crippen molar-refractivity contribution in [1.82, 2.24) is 10.2 Å². The van der Waals surface area contributed by atoms with E-state index >= 15 is 0 Å². The van der Waals surface area contributed by atoms with Crippen LogP contribution in [-0.4, -0.2) is 22.2 Å². The Balaban J connectivity index is 1.80. The molecular formula is C16H13FN4O3S. The van der Waals surface area contributed by atoms with Gasteiger partial charge in [-0.15, -0.1) is 10.2 Å². The highest BCUT2D eigenvalue weighted by atomic mass is 32.1. The highest BCUT2D eigenvalue weighted by Gasteiger charge is 2.19. The number of rotatable bonds is 6. The summed E-state index contributed by atoms with van der Waals surface area (Å²) >= 11 is 1.37. The number of hydrogen-bond acceptors (Lipinski definition) is 7. The van der Waals surface area contributed by atoms with Crippen LogP contribution in [0.3, 0.4) is 0 Å². The van der Waals surface area contributed by atoms with Crippen LogP contribution in [0.25, 0.3) is 10.6 Å². The average molecular weight is 360 g/mol. The fraction of sp³-hybridized carbons (Fsp3) is 0.125. The van der Waals surface area contributed by atoms with Gasteiger partial charge in [0.05, 0.1) is 24.6 Å². The van der Waals surface area contributed by atoms with Crippen LogP contribution in [0.5, 0.6) is 5.75 Å². The standard InChI is InChI=1S/C16H13FN4O3S/c1-24-14-8-12(13(21(22)23)7-11(14)17)18-9-15-19-20-16(25-15)10-5-3-2-4-6-10/h2-8,18H,9H2,1H3. The lowest BCUT2D eigenvalue weighted by atomic mass is 10.2. The van der Waals surface area contributed by atoms with E-state index in [0.29, 0.717) is 5.01 Å². The minimum absolute atomic E-state index is 0.0738. The fourth-order valence-electron chi connectivity index (χ4n) is 2.19. The van der Waals surface area contributed by atoms with E-state index in [1.807, 2.05) is 30.3 Å². The Morgan fingerprint density at radius 1 is 1.28 bits per heavy atom.